The first kappa shape index (κ1) is 20.9. The standard InChI is InChI=1S/C21H30N2O4/c1-3-5-13-22(19(24)10-11-21(26)27-4-2)16-20(25)23-14-12-17-8-6-7-9-18(17)15-23/h6-9H,3-5,10-16H2,1-2H3. The second-order valence-corrected chi connectivity index (χ2v) is 6.81. The van der Waals surface area contributed by atoms with Crippen LogP contribution in [0.5, 0.6) is 0 Å². The summed E-state index contributed by atoms with van der Waals surface area (Å²) >= 11 is 0. The molecule has 1 heterocycles. The van der Waals surface area contributed by atoms with Gasteiger partial charge in [0.25, 0.3) is 0 Å². The van der Waals surface area contributed by atoms with E-state index in [1.165, 1.54) is 11.1 Å². The number of amides is 2. The molecule has 2 rings (SSSR count). The highest BCUT2D eigenvalue weighted by molar-refractivity contribution is 5.86. The van der Waals surface area contributed by atoms with Crippen molar-refractivity contribution in [2.45, 2.75) is 52.5 Å². The Morgan fingerprint density at radius 1 is 1.11 bits per heavy atom. The van der Waals surface area contributed by atoms with Gasteiger partial charge < -0.3 is 14.5 Å². The van der Waals surface area contributed by atoms with E-state index in [0.717, 1.165) is 19.3 Å². The van der Waals surface area contributed by atoms with E-state index in [-0.39, 0.29) is 37.2 Å². The van der Waals surface area contributed by atoms with Crippen molar-refractivity contribution in [1.82, 2.24) is 9.80 Å². The van der Waals surface area contributed by atoms with E-state index in [9.17, 15) is 14.4 Å². The number of fused-ring (bicyclic) bond motifs is 1. The van der Waals surface area contributed by atoms with Crippen LogP contribution in [0, 0.1) is 0 Å². The largest absolute Gasteiger partial charge is 0.466 e. The normalized spacial score (nSPS) is 13.0. The van der Waals surface area contributed by atoms with E-state index in [0.29, 0.717) is 26.2 Å². The number of nitrogens with zero attached hydrogens (tertiary/aromatic N) is 2. The van der Waals surface area contributed by atoms with Gasteiger partial charge in [0.2, 0.25) is 11.8 Å². The summed E-state index contributed by atoms with van der Waals surface area (Å²) in [5.41, 5.74) is 2.46. The molecule has 27 heavy (non-hydrogen) atoms. The first-order valence-corrected chi connectivity index (χ1v) is 9.83. The van der Waals surface area contributed by atoms with Crippen molar-refractivity contribution in [2.24, 2.45) is 0 Å². The lowest BCUT2D eigenvalue weighted by Gasteiger charge is -2.31. The predicted octanol–water partition coefficient (Wildman–Crippen LogP) is 2.54. The molecule has 0 aromatic heterocycles. The van der Waals surface area contributed by atoms with Crippen LogP contribution in [0.2, 0.25) is 0 Å². The zero-order valence-electron chi connectivity index (χ0n) is 16.4. The third kappa shape index (κ3) is 6.38. The van der Waals surface area contributed by atoms with E-state index >= 15 is 0 Å². The number of benzene rings is 1. The number of ether oxygens (including phenoxy) is 1. The molecule has 0 spiro atoms. The molecule has 1 aliphatic heterocycles. The van der Waals surface area contributed by atoms with Crippen LogP contribution in [0.4, 0.5) is 0 Å². The zero-order chi connectivity index (χ0) is 19.6. The van der Waals surface area contributed by atoms with Gasteiger partial charge >= 0.3 is 5.97 Å². The van der Waals surface area contributed by atoms with Crippen LogP contribution in [-0.4, -0.2) is 53.8 Å². The number of carbonyl (C=O) groups is 3. The third-order valence-corrected chi connectivity index (χ3v) is 4.79. The van der Waals surface area contributed by atoms with Crippen LogP contribution in [0.25, 0.3) is 0 Å². The summed E-state index contributed by atoms with van der Waals surface area (Å²) in [7, 11) is 0. The fourth-order valence-corrected chi connectivity index (χ4v) is 3.21. The number of hydrogen-bond donors (Lipinski definition) is 0. The molecule has 1 aromatic rings. The number of carbonyl (C=O) groups excluding carboxylic acids is 3. The van der Waals surface area contributed by atoms with Crippen LogP contribution >= 0.6 is 0 Å². The van der Waals surface area contributed by atoms with Gasteiger partial charge in [-0.15, -0.1) is 0 Å². The van der Waals surface area contributed by atoms with Crippen molar-refractivity contribution in [3.05, 3.63) is 35.4 Å². The van der Waals surface area contributed by atoms with Gasteiger partial charge in [-0.1, -0.05) is 37.6 Å². The Morgan fingerprint density at radius 3 is 2.56 bits per heavy atom. The minimum absolute atomic E-state index is 0.0370. The molecular formula is C21H30N2O4. The van der Waals surface area contributed by atoms with E-state index in [2.05, 4.69) is 6.07 Å². The molecule has 0 fully saturated rings. The van der Waals surface area contributed by atoms with Gasteiger partial charge in [0.05, 0.1) is 19.6 Å². The first-order chi connectivity index (χ1) is 13.0. The number of unbranched alkanes of at least 4 members (excludes halogenated alkanes) is 1. The fourth-order valence-electron chi connectivity index (χ4n) is 3.21. The highest BCUT2D eigenvalue weighted by Crippen LogP contribution is 2.18. The van der Waals surface area contributed by atoms with E-state index in [1.54, 1.807) is 11.8 Å². The summed E-state index contributed by atoms with van der Waals surface area (Å²) in [5, 5.41) is 0. The van der Waals surface area contributed by atoms with Crippen molar-refractivity contribution in [1.29, 1.82) is 0 Å². The van der Waals surface area contributed by atoms with Crippen LogP contribution < -0.4 is 0 Å². The minimum atomic E-state index is -0.375. The third-order valence-electron chi connectivity index (χ3n) is 4.79. The molecular weight excluding hydrogens is 344 g/mol. The molecule has 0 saturated heterocycles. The number of esters is 1. The van der Waals surface area contributed by atoms with Gasteiger partial charge in [0.1, 0.15) is 0 Å². The highest BCUT2D eigenvalue weighted by atomic mass is 16.5. The SMILES string of the molecule is CCCCN(CC(=O)N1CCc2ccccc2C1)C(=O)CCC(=O)OCC. The Labute approximate surface area is 161 Å². The summed E-state index contributed by atoms with van der Waals surface area (Å²) < 4.78 is 4.88. The number of hydrogen-bond acceptors (Lipinski definition) is 4. The van der Waals surface area contributed by atoms with Crippen molar-refractivity contribution in [2.75, 3.05) is 26.2 Å². The van der Waals surface area contributed by atoms with Crippen molar-refractivity contribution < 1.29 is 19.1 Å². The fraction of sp³-hybridized carbons (Fsp3) is 0.571. The first-order valence-electron chi connectivity index (χ1n) is 9.83. The molecule has 0 atom stereocenters. The van der Waals surface area contributed by atoms with Crippen molar-refractivity contribution in [3.8, 4) is 0 Å². The molecule has 2 amide bonds. The van der Waals surface area contributed by atoms with Crippen molar-refractivity contribution in [3.63, 3.8) is 0 Å². The monoisotopic (exact) mass is 374 g/mol. The highest BCUT2D eigenvalue weighted by Gasteiger charge is 2.24. The summed E-state index contributed by atoms with van der Waals surface area (Å²) in [6, 6.07) is 8.15. The molecule has 148 valence electrons. The molecule has 0 N–H and O–H groups in total. The molecule has 0 aliphatic carbocycles. The summed E-state index contributed by atoms with van der Waals surface area (Å²) in [6.07, 6.45) is 2.75. The molecule has 6 nitrogen and oxygen atoms in total. The Bertz CT molecular complexity index is 659. The summed E-state index contributed by atoms with van der Waals surface area (Å²) in [6.45, 7) is 5.97. The summed E-state index contributed by atoms with van der Waals surface area (Å²) in [5.74, 6) is -0.576. The molecule has 1 aliphatic rings. The van der Waals surface area contributed by atoms with Crippen LogP contribution in [0.3, 0.4) is 0 Å². The van der Waals surface area contributed by atoms with E-state index in [4.69, 9.17) is 4.74 Å². The van der Waals surface area contributed by atoms with E-state index < -0.39 is 0 Å². The lowest BCUT2D eigenvalue weighted by Crippen LogP contribution is -2.45. The average molecular weight is 374 g/mol. The molecule has 6 heteroatoms. The Hall–Kier alpha value is -2.37. The second kappa shape index (κ2) is 10.7. The Balaban J connectivity index is 1.93. The number of rotatable bonds is 9. The lowest BCUT2D eigenvalue weighted by atomic mass is 10.00. The minimum Gasteiger partial charge on any atom is -0.466 e. The average Bonchev–Trinajstić information content (AvgIpc) is 2.69. The maximum Gasteiger partial charge on any atom is 0.306 e. The molecule has 0 saturated carbocycles. The molecule has 1 aromatic carbocycles. The Morgan fingerprint density at radius 2 is 1.85 bits per heavy atom. The maximum atomic E-state index is 12.8. The Kier molecular flexibility index (Phi) is 8.30. The molecule has 0 unspecified atom stereocenters. The smallest absolute Gasteiger partial charge is 0.306 e. The summed E-state index contributed by atoms with van der Waals surface area (Å²) in [4.78, 5) is 40.2. The molecule has 0 bridgehead atoms. The molecule has 0 radical (unpaired) electrons. The maximum absolute atomic E-state index is 12.8. The van der Waals surface area contributed by atoms with E-state index in [1.807, 2.05) is 30.0 Å². The van der Waals surface area contributed by atoms with Gasteiger partial charge in [-0.25, -0.2) is 0 Å². The van der Waals surface area contributed by atoms with Crippen LogP contribution in [-0.2, 0) is 32.1 Å². The van der Waals surface area contributed by atoms with Crippen LogP contribution in [0.1, 0.15) is 50.7 Å². The van der Waals surface area contributed by atoms with Crippen molar-refractivity contribution >= 4 is 17.8 Å². The van der Waals surface area contributed by atoms with Gasteiger partial charge in [0.15, 0.2) is 0 Å². The van der Waals surface area contributed by atoms with Gasteiger partial charge in [0, 0.05) is 26.1 Å². The zero-order valence-corrected chi connectivity index (χ0v) is 16.4. The predicted molar refractivity (Wildman–Crippen MR) is 103 cm³/mol. The quantitative estimate of drug-likeness (QED) is 0.623. The lowest BCUT2D eigenvalue weighted by molar-refractivity contribution is -0.146. The van der Waals surface area contributed by atoms with Crippen LogP contribution in [0.15, 0.2) is 24.3 Å². The second-order valence-electron chi connectivity index (χ2n) is 6.81. The van der Waals surface area contributed by atoms with Gasteiger partial charge in [-0.05, 0) is 30.9 Å². The topological polar surface area (TPSA) is 66.9 Å². The van der Waals surface area contributed by atoms with Gasteiger partial charge in [-0.3, -0.25) is 14.4 Å². The van der Waals surface area contributed by atoms with Gasteiger partial charge in [-0.2, -0.15) is 0 Å².